The standard InChI is InChI=1S/C19H15ClN6O3/c20-15-5-2-6-16(11-15)25(9-3-8-21)18(27)12-29-19(28)14-4-1-7-17(10-14)26-13-22-23-24-26/h1-2,4-7,10-11,13H,3,9,12H2. The zero-order valence-electron chi connectivity index (χ0n) is 15.1. The maximum absolute atomic E-state index is 12.6. The van der Waals surface area contributed by atoms with E-state index >= 15 is 0 Å². The predicted octanol–water partition coefficient (Wildman–Crippen LogP) is 2.42. The summed E-state index contributed by atoms with van der Waals surface area (Å²) in [6.45, 7) is -0.326. The number of nitrogens with zero attached hydrogens (tertiary/aromatic N) is 6. The summed E-state index contributed by atoms with van der Waals surface area (Å²) >= 11 is 5.99. The van der Waals surface area contributed by atoms with Gasteiger partial charge in [-0.05, 0) is 46.8 Å². The van der Waals surface area contributed by atoms with E-state index in [4.69, 9.17) is 21.6 Å². The van der Waals surface area contributed by atoms with Crippen molar-refractivity contribution in [1.29, 1.82) is 5.26 Å². The van der Waals surface area contributed by atoms with Crippen molar-refractivity contribution in [2.24, 2.45) is 0 Å². The van der Waals surface area contributed by atoms with Crippen molar-refractivity contribution in [2.75, 3.05) is 18.1 Å². The molecule has 1 heterocycles. The molecule has 146 valence electrons. The molecule has 0 spiro atoms. The van der Waals surface area contributed by atoms with Crippen molar-refractivity contribution in [3.63, 3.8) is 0 Å². The number of amides is 1. The third-order valence-corrected chi connectivity index (χ3v) is 4.13. The Morgan fingerprint density at radius 3 is 2.76 bits per heavy atom. The second kappa shape index (κ2) is 9.43. The van der Waals surface area contributed by atoms with Crippen molar-refractivity contribution in [3.05, 3.63) is 65.4 Å². The summed E-state index contributed by atoms with van der Waals surface area (Å²) in [5.74, 6) is -1.13. The molecule has 3 rings (SSSR count). The number of halogens is 1. The Bertz CT molecular complexity index is 1050. The summed E-state index contributed by atoms with van der Waals surface area (Å²) in [7, 11) is 0. The zero-order valence-corrected chi connectivity index (χ0v) is 15.9. The average molecular weight is 411 g/mol. The summed E-state index contributed by atoms with van der Waals surface area (Å²) in [5.41, 5.74) is 1.34. The highest BCUT2D eigenvalue weighted by Gasteiger charge is 2.19. The van der Waals surface area contributed by atoms with Crippen LogP contribution in [-0.4, -0.2) is 45.2 Å². The molecular weight excluding hydrogens is 396 g/mol. The number of carbonyl (C=O) groups is 2. The van der Waals surface area contributed by atoms with Gasteiger partial charge in [0, 0.05) is 17.3 Å². The van der Waals surface area contributed by atoms with Crippen LogP contribution in [0.25, 0.3) is 5.69 Å². The molecule has 0 radical (unpaired) electrons. The van der Waals surface area contributed by atoms with E-state index in [0.29, 0.717) is 16.4 Å². The van der Waals surface area contributed by atoms with Crippen LogP contribution >= 0.6 is 11.6 Å². The van der Waals surface area contributed by atoms with Crippen LogP contribution in [0.2, 0.25) is 5.02 Å². The number of esters is 1. The van der Waals surface area contributed by atoms with E-state index in [1.165, 1.54) is 15.9 Å². The average Bonchev–Trinajstić information content (AvgIpc) is 3.27. The fourth-order valence-corrected chi connectivity index (χ4v) is 2.73. The molecule has 0 unspecified atom stereocenters. The van der Waals surface area contributed by atoms with E-state index in [0.717, 1.165) is 0 Å². The number of hydrogen-bond donors (Lipinski definition) is 0. The Balaban J connectivity index is 1.68. The highest BCUT2D eigenvalue weighted by atomic mass is 35.5. The summed E-state index contributed by atoms with van der Waals surface area (Å²) in [5, 5.41) is 20.2. The van der Waals surface area contributed by atoms with Crippen LogP contribution in [0.4, 0.5) is 5.69 Å². The first-order valence-electron chi connectivity index (χ1n) is 8.52. The number of tetrazole rings is 1. The van der Waals surface area contributed by atoms with E-state index in [1.807, 2.05) is 6.07 Å². The smallest absolute Gasteiger partial charge is 0.338 e. The third kappa shape index (κ3) is 5.15. The molecule has 10 heteroatoms. The molecule has 0 aliphatic heterocycles. The van der Waals surface area contributed by atoms with Gasteiger partial charge in [0.25, 0.3) is 5.91 Å². The molecule has 0 aliphatic carbocycles. The normalized spacial score (nSPS) is 10.2. The maximum Gasteiger partial charge on any atom is 0.338 e. The number of benzene rings is 2. The lowest BCUT2D eigenvalue weighted by molar-refractivity contribution is -0.121. The molecule has 0 aliphatic rings. The number of ether oxygens (including phenoxy) is 1. The number of hydrogen-bond acceptors (Lipinski definition) is 7. The fourth-order valence-electron chi connectivity index (χ4n) is 2.55. The molecule has 9 nitrogen and oxygen atoms in total. The molecule has 0 saturated carbocycles. The molecule has 0 saturated heterocycles. The third-order valence-electron chi connectivity index (χ3n) is 3.89. The van der Waals surface area contributed by atoms with E-state index in [9.17, 15) is 9.59 Å². The van der Waals surface area contributed by atoms with Crippen LogP contribution in [0.15, 0.2) is 54.9 Å². The minimum Gasteiger partial charge on any atom is -0.452 e. The first-order chi connectivity index (χ1) is 14.1. The van der Waals surface area contributed by atoms with Crippen molar-refractivity contribution < 1.29 is 14.3 Å². The number of anilines is 1. The summed E-state index contributed by atoms with van der Waals surface area (Å²) in [6.07, 6.45) is 1.52. The largest absolute Gasteiger partial charge is 0.452 e. The second-order valence-electron chi connectivity index (χ2n) is 5.81. The molecule has 3 aromatic rings. The SMILES string of the molecule is N#CCCN(C(=O)COC(=O)c1cccc(-n2cnnn2)c1)c1cccc(Cl)c1. The van der Waals surface area contributed by atoms with Gasteiger partial charge in [0.15, 0.2) is 6.61 Å². The molecule has 0 bridgehead atoms. The highest BCUT2D eigenvalue weighted by molar-refractivity contribution is 6.30. The molecular formula is C19H15ClN6O3. The van der Waals surface area contributed by atoms with E-state index < -0.39 is 18.5 Å². The topological polar surface area (TPSA) is 114 Å². The van der Waals surface area contributed by atoms with Crippen LogP contribution < -0.4 is 4.90 Å². The predicted molar refractivity (Wildman–Crippen MR) is 103 cm³/mol. The summed E-state index contributed by atoms with van der Waals surface area (Å²) in [4.78, 5) is 26.3. The molecule has 2 aromatic carbocycles. The lowest BCUT2D eigenvalue weighted by Gasteiger charge is -2.21. The Hall–Kier alpha value is -3.77. The van der Waals surface area contributed by atoms with Crippen LogP contribution in [-0.2, 0) is 9.53 Å². The second-order valence-corrected chi connectivity index (χ2v) is 6.25. The monoisotopic (exact) mass is 410 g/mol. The summed E-state index contributed by atoms with van der Waals surface area (Å²) in [6, 6.07) is 15.2. The maximum atomic E-state index is 12.6. The highest BCUT2D eigenvalue weighted by Crippen LogP contribution is 2.20. The molecule has 1 aromatic heterocycles. The van der Waals surface area contributed by atoms with Crippen LogP contribution in [0.3, 0.4) is 0 Å². The summed E-state index contributed by atoms with van der Waals surface area (Å²) < 4.78 is 6.56. The van der Waals surface area contributed by atoms with Gasteiger partial charge >= 0.3 is 5.97 Å². The molecule has 1 amide bonds. The van der Waals surface area contributed by atoms with Crippen molar-refractivity contribution in [3.8, 4) is 11.8 Å². The fraction of sp³-hybridized carbons (Fsp3) is 0.158. The van der Waals surface area contributed by atoms with Crippen LogP contribution in [0.5, 0.6) is 0 Å². The number of carbonyl (C=O) groups excluding carboxylic acids is 2. The number of nitriles is 1. The molecule has 29 heavy (non-hydrogen) atoms. The van der Waals surface area contributed by atoms with E-state index in [1.54, 1.807) is 48.5 Å². The minimum absolute atomic E-state index is 0.125. The number of rotatable bonds is 7. The Kier molecular flexibility index (Phi) is 6.50. The van der Waals surface area contributed by atoms with Gasteiger partial charge in [-0.2, -0.15) is 5.26 Å². The lowest BCUT2D eigenvalue weighted by Crippen LogP contribution is -2.35. The molecule has 0 N–H and O–H groups in total. The Labute approximate surface area is 171 Å². The van der Waals surface area contributed by atoms with Gasteiger partial charge < -0.3 is 9.64 Å². The van der Waals surface area contributed by atoms with Gasteiger partial charge in [-0.3, -0.25) is 4.79 Å². The lowest BCUT2D eigenvalue weighted by atomic mass is 10.2. The van der Waals surface area contributed by atoms with Gasteiger partial charge in [-0.15, -0.1) is 5.10 Å². The van der Waals surface area contributed by atoms with Crippen molar-refractivity contribution >= 4 is 29.2 Å². The van der Waals surface area contributed by atoms with Gasteiger partial charge in [0.2, 0.25) is 0 Å². The van der Waals surface area contributed by atoms with Crippen molar-refractivity contribution in [2.45, 2.75) is 6.42 Å². The van der Waals surface area contributed by atoms with Gasteiger partial charge in [-0.1, -0.05) is 23.7 Å². The minimum atomic E-state index is -0.667. The van der Waals surface area contributed by atoms with E-state index in [2.05, 4.69) is 15.5 Å². The zero-order chi connectivity index (χ0) is 20.6. The quantitative estimate of drug-likeness (QED) is 0.549. The van der Waals surface area contributed by atoms with Crippen molar-refractivity contribution in [1.82, 2.24) is 20.2 Å². The first-order valence-corrected chi connectivity index (χ1v) is 8.89. The van der Waals surface area contributed by atoms with E-state index in [-0.39, 0.29) is 18.5 Å². The Morgan fingerprint density at radius 1 is 1.21 bits per heavy atom. The molecule has 0 atom stereocenters. The van der Waals surface area contributed by atoms with Crippen LogP contribution in [0, 0.1) is 11.3 Å². The molecule has 0 fully saturated rings. The number of aromatic nitrogens is 4. The van der Waals surface area contributed by atoms with Gasteiger partial charge in [-0.25, -0.2) is 9.48 Å². The van der Waals surface area contributed by atoms with Gasteiger partial charge in [0.05, 0.1) is 23.7 Å². The van der Waals surface area contributed by atoms with Crippen LogP contribution in [0.1, 0.15) is 16.8 Å². The van der Waals surface area contributed by atoms with Gasteiger partial charge in [0.1, 0.15) is 6.33 Å². The Morgan fingerprint density at radius 2 is 2.03 bits per heavy atom. The first kappa shape index (κ1) is 20.0.